The molecule has 1 unspecified atom stereocenters. The summed E-state index contributed by atoms with van der Waals surface area (Å²) < 4.78 is 0. The van der Waals surface area contributed by atoms with Crippen LogP contribution in [0.25, 0.3) is 0 Å². The van der Waals surface area contributed by atoms with E-state index in [4.69, 9.17) is 0 Å². The predicted molar refractivity (Wildman–Crippen MR) is 64.5 cm³/mol. The highest BCUT2D eigenvalue weighted by atomic mass is 16.5. The zero-order valence-electron chi connectivity index (χ0n) is 10.5. The summed E-state index contributed by atoms with van der Waals surface area (Å²) in [5.41, 5.74) is 0.702. The van der Waals surface area contributed by atoms with Crippen LogP contribution in [-0.2, 0) is 5.21 Å². The van der Waals surface area contributed by atoms with Gasteiger partial charge >= 0.3 is 0 Å². The van der Waals surface area contributed by atoms with Gasteiger partial charge in [-0.25, -0.2) is 0 Å². The van der Waals surface area contributed by atoms with Crippen LogP contribution in [0.3, 0.4) is 0 Å². The van der Waals surface area contributed by atoms with Gasteiger partial charge in [0.25, 0.3) is 0 Å². The molecule has 0 aromatic heterocycles. The Balaban J connectivity index is 2.38. The zero-order valence-corrected chi connectivity index (χ0v) is 10.5. The number of nitrogens with zero attached hydrogens (tertiary/aromatic N) is 1. The fourth-order valence-electron chi connectivity index (χ4n) is 2.96. The van der Waals surface area contributed by atoms with E-state index < -0.39 is 0 Å². The van der Waals surface area contributed by atoms with Crippen molar-refractivity contribution in [2.24, 2.45) is 0 Å². The topological polar surface area (TPSA) is 23.1 Å². The molecule has 0 spiro atoms. The van der Waals surface area contributed by atoms with Crippen LogP contribution in [0.1, 0.15) is 45.6 Å². The van der Waals surface area contributed by atoms with Gasteiger partial charge in [-0.3, -0.25) is 0 Å². The first-order valence-electron chi connectivity index (χ1n) is 5.88. The summed E-state index contributed by atoms with van der Waals surface area (Å²) in [5, 5.41) is 13.5. The van der Waals surface area contributed by atoms with Gasteiger partial charge in [-0.15, -0.1) is 10.3 Å². The summed E-state index contributed by atoms with van der Waals surface area (Å²) in [6.07, 6.45) is 0.924. The van der Waals surface area contributed by atoms with Crippen LogP contribution in [0.5, 0.6) is 0 Å². The van der Waals surface area contributed by atoms with Gasteiger partial charge in [-0.2, -0.15) is 0 Å². The number of benzene rings is 1. The minimum Gasteiger partial charge on any atom is -0.143 e. The Morgan fingerprint density at radius 2 is 1.69 bits per heavy atom. The molecule has 1 saturated heterocycles. The molecule has 0 amide bonds. The molecule has 2 nitrogen and oxygen atoms in total. The molecule has 1 radical (unpaired) electrons. The van der Waals surface area contributed by atoms with E-state index in [0.29, 0.717) is 5.92 Å². The van der Waals surface area contributed by atoms with Gasteiger partial charge in [0.15, 0.2) is 0 Å². The Kier molecular flexibility index (Phi) is 2.59. The van der Waals surface area contributed by atoms with Crippen LogP contribution < -0.4 is 0 Å². The van der Waals surface area contributed by atoms with Crippen molar-refractivity contribution < 1.29 is 5.21 Å². The highest BCUT2D eigenvalue weighted by Crippen LogP contribution is 2.48. The van der Waals surface area contributed by atoms with E-state index >= 15 is 0 Å². The third-order valence-corrected chi connectivity index (χ3v) is 3.83. The summed E-state index contributed by atoms with van der Waals surface area (Å²) in [7, 11) is 0. The first kappa shape index (κ1) is 11.6. The standard InChI is InChI=1S/C14H20NO/c1-13(2)10-12(14(3,4)15(13)16)11-8-6-5-7-9-11/h5-9,12H,10H2,1-4H3. The molecule has 2 heteroatoms. The highest BCUT2D eigenvalue weighted by molar-refractivity contribution is 5.26. The molecule has 1 aliphatic rings. The quantitative estimate of drug-likeness (QED) is 0.708. The zero-order chi connectivity index (χ0) is 12.0. The lowest BCUT2D eigenvalue weighted by molar-refractivity contribution is -0.245. The molecule has 1 heterocycles. The van der Waals surface area contributed by atoms with E-state index in [1.807, 2.05) is 45.9 Å². The van der Waals surface area contributed by atoms with Crippen molar-refractivity contribution in [1.82, 2.24) is 5.06 Å². The first-order chi connectivity index (χ1) is 7.36. The van der Waals surface area contributed by atoms with Gasteiger partial charge in [-0.05, 0) is 39.7 Å². The van der Waals surface area contributed by atoms with Crippen LogP contribution in [0.2, 0.25) is 0 Å². The Morgan fingerprint density at radius 3 is 2.12 bits per heavy atom. The lowest BCUT2D eigenvalue weighted by Crippen LogP contribution is -2.45. The second kappa shape index (κ2) is 3.57. The van der Waals surface area contributed by atoms with Crippen molar-refractivity contribution in [1.29, 1.82) is 0 Å². The third kappa shape index (κ3) is 1.66. The minimum absolute atomic E-state index is 0.260. The molecular weight excluding hydrogens is 198 g/mol. The molecule has 1 aromatic rings. The van der Waals surface area contributed by atoms with E-state index in [1.165, 1.54) is 10.6 Å². The maximum absolute atomic E-state index is 12.2. The van der Waals surface area contributed by atoms with Crippen molar-refractivity contribution >= 4 is 0 Å². The van der Waals surface area contributed by atoms with E-state index in [9.17, 15) is 5.21 Å². The number of hydrogen-bond donors (Lipinski definition) is 0. The molecule has 0 saturated carbocycles. The molecule has 0 aliphatic carbocycles. The van der Waals surface area contributed by atoms with Crippen molar-refractivity contribution in [3.63, 3.8) is 0 Å². The molecule has 0 bridgehead atoms. The van der Waals surface area contributed by atoms with E-state index in [0.717, 1.165) is 6.42 Å². The largest absolute Gasteiger partial charge is 0.143 e. The molecule has 2 rings (SSSR count). The summed E-state index contributed by atoms with van der Waals surface area (Å²) in [6.45, 7) is 8.16. The summed E-state index contributed by atoms with van der Waals surface area (Å²) in [5.74, 6) is 0.321. The van der Waals surface area contributed by atoms with Gasteiger partial charge in [0.05, 0.1) is 5.54 Å². The maximum Gasteiger partial charge on any atom is 0.0512 e. The fraction of sp³-hybridized carbons (Fsp3) is 0.571. The summed E-state index contributed by atoms with van der Waals surface area (Å²) in [6, 6.07) is 10.4. The normalized spacial score (nSPS) is 28.2. The SMILES string of the molecule is CC1(C)CC(c2ccccc2)C(C)(C)N1[O]. The van der Waals surface area contributed by atoms with E-state index in [-0.39, 0.29) is 11.1 Å². The van der Waals surface area contributed by atoms with Gasteiger partial charge in [0, 0.05) is 11.5 Å². The maximum atomic E-state index is 12.2. The Morgan fingerprint density at radius 1 is 1.12 bits per heavy atom. The fourth-order valence-corrected chi connectivity index (χ4v) is 2.96. The molecule has 87 valence electrons. The van der Waals surface area contributed by atoms with Crippen LogP contribution in [0.4, 0.5) is 0 Å². The van der Waals surface area contributed by atoms with Crippen LogP contribution >= 0.6 is 0 Å². The Bertz CT molecular complexity index is 370. The van der Waals surface area contributed by atoms with Gasteiger partial charge in [-0.1, -0.05) is 30.3 Å². The van der Waals surface area contributed by atoms with E-state index in [2.05, 4.69) is 12.1 Å². The molecule has 1 aromatic carbocycles. The smallest absolute Gasteiger partial charge is 0.0512 e. The minimum atomic E-state index is -0.315. The molecule has 0 N–H and O–H groups in total. The van der Waals surface area contributed by atoms with Gasteiger partial charge < -0.3 is 0 Å². The summed E-state index contributed by atoms with van der Waals surface area (Å²) >= 11 is 0. The first-order valence-corrected chi connectivity index (χ1v) is 5.88. The van der Waals surface area contributed by atoms with Crippen molar-refractivity contribution in [3.05, 3.63) is 35.9 Å². The van der Waals surface area contributed by atoms with Gasteiger partial charge in [0.1, 0.15) is 0 Å². The molecule has 16 heavy (non-hydrogen) atoms. The number of rotatable bonds is 1. The molecule has 1 aliphatic heterocycles. The highest BCUT2D eigenvalue weighted by Gasteiger charge is 2.52. The lowest BCUT2D eigenvalue weighted by Gasteiger charge is -2.33. The van der Waals surface area contributed by atoms with E-state index in [1.54, 1.807) is 0 Å². The third-order valence-electron chi connectivity index (χ3n) is 3.83. The Labute approximate surface area is 97.9 Å². The average molecular weight is 218 g/mol. The molecule has 1 atom stereocenters. The van der Waals surface area contributed by atoms with Crippen LogP contribution in [0.15, 0.2) is 30.3 Å². The molecular formula is C14H20NO. The number of hydrogen-bond acceptors (Lipinski definition) is 1. The average Bonchev–Trinajstić information content (AvgIpc) is 2.40. The Hall–Kier alpha value is -0.860. The second-order valence-electron chi connectivity index (χ2n) is 5.93. The van der Waals surface area contributed by atoms with Crippen molar-refractivity contribution in [3.8, 4) is 0 Å². The van der Waals surface area contributed by atoms with Crippen molar-refractivity contribution in [2.45, 2.75) is 51.1 Å². The summed E-state index contributed by atoms with van der Waals surface area (Å²) in [4.78, 5) is 0. The van der Waals surface area contributed by atoms with Crippen LogP contribution in [0, 0.1) is 0 Å². The predicted octanol–water partition coefficient (Wildman–Crippen LogP) is 3.38. The lowest BCUT2D eigenvalue weighted by atomic mass is 9.81. The number of hydroxylamine groups is 2. The van der Waals surface area contributed by atoms with Crippen molar-refractivity contribution in [2.75, 3.05) is 0 Å². The second-order valence-corrected chi connectivity index (χ2v) is 5.93. The van der Waals surface area contributed by atoms with Gasteiger partial charge in [0.2, 0.25) is 0 Å². The van der Waals surface area contributed by atoms with Crippen LogP contribution in [-0.4, -0.2) is 16.1 Å². The monoisotopic (exact) mass is 218 g/mol. The molecule has 1 fully saturated rings.